The molecule has 0 spiro atoms. The van der Waals surface area contributed by atoms with Crippen LogP contribution < -0.4 is 10.5 Å². The molecule has 2 aromatic carbocycles. The number of hydrogen-bond donors (Lipinski definition) is 1. The van der Waals surface area contributed by atoms with Gasteiger partial charge in [0.25, 0.3) is 0 Å². The molecule has 28 heavy (non-hydrogen) atoms. The Hall–Kier alpha value is -2.45. The third-order valence-electron chi connectivity index (χ3n) is 4.24. The minimum atomic E-state index is -4.82. The Balaban J connectivity index is 1.70. The number of halogens is 5. The molecule has 0 unspecified atom stereocenters. The number of oxime groups is 1. The molecule has 3 rings (SSSR count). The van der Waals surface area contributed by atoms with Gasteiger partial charge in [-0.05, 0) is 54.8 Å². The number of rotatable bonds is 5. The molecular formula is C18H13Cl2F3N2O3. The Morgan fingerprint density at radius 3 is 2.29 bits per heavy atom. The average Bonchev–Trinajstić information content (AvgIpc) is 3.40. The SMILES string of the molecule is N/C(=N/OC(=O)c1ccc(OC(F)(F)F)cc1)C1(c2ccc(Cl)cc2Cl)CC1. The first-order valence-electron chi connectivity index (χ1n) is 7.97. The highest BCUT2D eigenvalue weighted by Crippen LogP contribution is 2.51. The van der Waals surface area contributed by atoms with Gasteiger partial charge >= 0.3 is 12.3 Å². The number of amidine groups is 1. The van der Waals surface area contributed by atoms with E-state index in [-0.39, 0.29) is 11.4 Å². The van der Waals surface area contributed by atoms with E-state index >= 15 is 0 Å². The normalized spacial score (nSPS) is 15.8. The molecule has 0 saturated heterocycles. The van der Waals surface area contributed by atoms with E-state index in [0.29, 0.717) is 22.9 Å². The maximum atomic E-state index is 12.2. The van der Waals surface area contributed by atoms with E-state index in [1.807, 2.05) is 0 Å². The Labute approximate surface area is 167 Å². The van der Waals surface area contributed by atoms with Gasteiger partial charge in [-0.1, -0.05) is 34.4 Å². The van der Waals surface area contributed by atoms with Gasteiger partial charge in [0.15, 0.2) is 5.84 Å². The molecule has 0 aliphatic heterocycles. The Morgan fingerprint density at radius 2 is 1.75 bits per heavy atom. The summed E-state index contributed by atoms with van der Waals surface area (Å²) in [7, 11) is 0. The molecule has 1 aliphatic rings. The van der Waals surface area contributed by atoms with Crippen molar-refractivity contribution in [1.82, 2.24) is 0 Å². The van der Waals surface area contributed by atoms with Crippen molar-refractivity contribution in [3.63, 3.8) is 0 Å². The van der Waals surface area contributed by atoms with Crippen molar-refractivity contribution in [2.24, 2.45) is 10.9 Å². The van der Waals surface area contributed by atoms with Crippen LogP contribution in [-0.4, -0.2) is 18.2 Å². The zero-order valence-electron chi connectivity index (χ0n) is 14.1. The molecule has 1 saturated carbocycles. The van der Waals surface area contributed by atoms with Crippen molar-refractivity contribution in [2.45, 2.75) is 24.6 Å². The number of benzene rings is 2. The lowest BCUT2D eigenvalue weighted by Crippen LogP contribution is -2.30. The minimum Gasteiger partial charge on any atom is -0.406 e. The highest BCUT2D eigenvalue weighted by atomic mass is 35.5. The van der Waals surface area contributed by atoms with Crippen molar-refractivity contribution in [2.75, 3.05) is 0 Å². The van der Waals surface area contributed by atoms with Crippen LogP contribution in [0.25, 0.3) is 0 Å². The summed E-state index contributed by atoms with van der Waals surface area (Å²) in [5, 5.41) is 4.60. The summed E-state index contributed by atoms with van der Waals surface area (Å²) >= 11 is 12.1. The molecule has 2 aromatic rings. The standard InChI is InChI=1S/C18H13Cl2F3N2O3/c19-11-3-6-13(14(20)9-11)17(7-8-17)16(24)25-28-15(26)10-1-4-12(5-2-10)27-18(21,22)23/h1-6,9H,7-8H2,(H2,24,25). The van der Waals surface area contributed by atoms with Crippen molar-refractivity contribution >= 4 is 35.0 Å². The molecule has 1 fully saturated rings. The maximum absolute atomic E-state index is 12.2. The first-order chi connectivity index (χ1) is 13.1. The lowest BCUT2D eigenvalue weighted by atomic mass is 9.95. The molecule has 0 bridgehead atoms. The predicted octanol–water partition coefficient (Wildman–Crippen LogP) is 5.05. The summed E-state index contributed by atoms with van der Waals surface area (Å²) in [6, 6.07) is 9.23. The second-order valence-electron chi connectivity index (χ2n) is 6.13. The number of ether oxygens (including phenoxy) is 1. The van der Waals surface area contributed by atoms with Gasteiger partial charge in [-0.3, -0.25) is 0 Å². The van der Waals surface area contributed by atoms with Crippen molar-refractivity contribution < 1.29 is 27.5 Å². The zero-order valence-corrected chi connectivity index (χ0v) is 15.6. The molecule has 0 heterocycles. The fourth-order valence-electron chi connectivity index (χ4n) is 2.69. The molecule has 10 heteroatoms. The zero-order chi connectivity index (χ0) is 20.5. The smallest absolute Gasteiger partial charge is 0.406 e. The van der Waals surface area contributed by atoms with Crippen LogP contribution in [0.4, 0.5) is 13.2 Å². The second kappa shape index (κ2) is 7.52. The molecule has 148 valence electrons. The van der Waals surface area contributed by atoms with Gasteiger partial charge in [0.1, 0.15) is 5.75 Å². The molecule has 5 nitrogen and oxygen atoms in total. The summed E-state index contributed by atoms with van der Waals surface area (Å²) in [5.41, 5.74) is 6.09. The van der Waals surface area contributed by atoms with Gasteiger partial charge in [-0.15, -0.1) is 13.2 Å². The van der Waals surface area contributed by atoms with Crippen molar-refractivity contribution in [3.05, 3.63) is 63.6 Å². The number of nitrogens with two attached hydrogens (primary N) is 1. The van der Waals surface area contributed by atoms with Gasteiger partial charge in [-0.2, -0.15) is 0 Å². The third-order valence-corrected chi connectivity index (χ3v) is 4.79. The predicted molar refractivity (Wildman–Crippen MR) is 97.5 cm³/mol. The molecule has 1 aliphatic carbocycles. The quantitative estimate of drug-likeness (QED) is 0.310. The van der Waals surface area contributed by atoms with E-state index < -0.39 is 23.5 Å². The summed E-state index contributed by atoms with van der Waals surface area (Å²) in [4.78, 5) is 16.9. The molecular weight excluding hydrogens is 420 g/mol. The highest BCUT2D eigenvalue weighted by molar-refractivity contribution is 6.35. The monoisotopic (exact) mass is 432 g/mol. The van der Waals surface area contributed by atoms with Gasteiger partial charge < -0.3 is 15.3 Å². The van der Waals surface area contributed by atoms with E-state index in [0.717, 1.165) is 29.8 Å². The maximum Gasteiger partial charge on any atom is 0.573 e. The molecule has 0 amide bonds. The first kappa shape index (κ1) is 20.3. The van der Waals surface area contributed by atoms with E-state index in [4.69, 9.17) is 33.8 Å². The largest absolute Gasteiger partial charge is 0.573 e. The van der Waals surface area contributed by atoms with Crippen molar-refractivity contribution in [1.29, 1.82) is 0 Å². The molecule has 0 radical (unpaired) electrons. The number of carbonyl (C=O) groups is 1. The Bertz CT molecular complexity index is 927. The number of carbonyl (C=O) groups excluding carboxylic acids is 1. The highest BCUT2D eigenvalue weighted by Gasteiger charge is 2.50. The first-order valence-corrected chi connectivity index (χ1v) is 8.73. The Morgan fingerprint density at radius 1 is 1.11 bits per heavy atom. The van der Waals surface area contributed by atoms with Crippen LogP contribution in [0, 0.1) is 0 Å². The average molecular weight is 433 g/mol. The van der Waals surface area contributed by atoms with Gasteiger partial charge in [-0.25, -0.2) is 4.79 Å². The minimum absolute atomic E-state index is 0.0135. The third kappa shape index (κ3) is 4.51. The van der Waals surface area contributed by atoms with Crippen LogP contribution in [0.15, 0.2) is 47.6 Å². The lowest BCUT2D eigenvalue weighted by Gasteiger charge is -2.16. The van der Waals surface area contributed by atoms with Gasteiger partial charge in [0.05, 0.1) is 11.0 Å². The van der Waals surface area contributed by atoms with Crippen LogP contribution in [0.3, 0.4) is 0 Å². The van der Waals surface area contributed by atoms with Gasteiger partial charge in [0, 0.05) is 10.0 Å². The summed E-state index contributed by atoms with van der Waals surface area (Å²) in [5.74, 6) is -1.26. The molecule has 0 atom stereocenters. The van der Waals surface area contributed by atoms with E-state index in [1.165, 1.54) is 0 Å². The Kier molecular flexibility index (Phi) is 5.45. The molecule has 2 N–H and O–H groups in total. The number of hydrogen-bond acceptors (Lipinski definition) is 4. The fraction of sp³-hybridized carbons (Fsp3) is 0.222. The topological polar surface area (TPSA) is 73.9 Å². The van der Waals surface area contributed by atoms with Gasteiger partial charge in [0.2, 0.25) is 0 Å². The van der Waals surface area contributed by atoms with Crippen LogP contribution in [-0.2, 0) is 10.3 Å². The summed E-state index contributed by atoms with van der Waals surface area (Å²) in [6.07, 6.45) is -3.47. The van der Waals surface area contributed by atoms with E-state index in [2.05, 4.69) is 9.89 Å². The van der Waals surface area contributed by atoms with E-state index in [1.54, 1.807) is 18.2 Å². The molecule has 0 aromatic heterocycles. The number of alkyl halides is 3. The fourth-order valence-corrected chi connectivity index (χ4v) is 3.28. The van der Waals surface area contributed by atoms with Crippen molar-refractivity contribution in [3.8, 4) is 5.75 Å². The van der Waals surface area contributed by atoms with E-state index in [9.17, 15) is 18.0 Å². The second-order valence-corrected chi connectivity index (χ2v) is 6.98. The van der Waals surface area contributed by atoms with Crippen LogP contribution in [0.2, 0.25) is 10.0 Å². The summed E-state index contributed by atoms with van der Waals surface area (Å²) < 4.78 is 40.2. The van der Waals surface area contributed by atoms with Crippen LogP contribution in [0.5, 0.6) is 5.75 Å². The summed E-state index contributed by atoms with van der Waals surface area (Å²) in [6.45, 7) is 0. The van der Waals surface area contributed by atoms with Crippen LogP contribution >= 0.6 is 23.2 Å². The lowest BCUT2D eigenvalue weighted by molar-refractivity contribution is -0.274. The number of nitrogens with zero attached hydrogens (tertiary/aromatic N) is 1. The van der Waals surface area contributed by atoms with Crippen LogP contribution in [0.1, 0.15) is 28.8 Å².